The van der Waals surface area contributed by atoms with Crippen LogP contribution in [-0.2, 0) is 19.5 Å². The molecule has 0 fully saturated rings. The van der Waals surface area contributed by atoms with Crippen LogP contribution in [0.15, 0.2) is 27.4 Å². The second kappa shape index (κ2) is 4.47. The zero-order valence-electron chi connectivity index (χ0n) is 11.5. The van der Waals surface area contributed by atoms with Crippen LogP contribution in [0.4, 0.5) is 5.69 Å². The number of rotatable bonds is 2. The van der Waals surface area contributed by atoms with Gasteiger partial charge in [0.2, 0.25) is 5.89 Å². The molecule has 0 amide bonds. The zero-order chi connectivity index (χ0) is 14.4. The first-order chi connectivity index (χ1) is 10.2. The van der Waals surface area contributed by atoms with E-state index in [2.05, 4.69) is 10.1 Å². The van der Waals surface area contributed by atoms with Gasteiger partial charge >= 0.3 is 5.69 Å². The summed E-state index contributed by atoms with van der Waals surface area (Å²) in [5.41, 5.74) is 7.59. The number of para-hydroxylation sites is 1. The Morgan fingerprint density at radius 3 is 3.05 bits per heavy atom. The summed E-state index contributed by atoms with van der Waals surface area (Å²) in [5, 5.41) is 4.37. The first-order valence-electron chi connectivity index (χ1n) is 7.03. The van der Waals surface area contributed by atoms with Crippen molar-refractivity contribution in [2.45, 2.75) is 32.4 Å². The van der Waals surface area contributed by atoms with Crippen molar-refractivity contribution < 1.29 is 4.42 Å². The fraction of sp³-hybridized carbons (Fsp3) is 0.357. The van der Waals surface area contributed by atoms with Gasteiger partial charge in [0, 0.05) is 13.0 Å². The number of fused-ring (bicyclic) bond motifs is 2. The summed E-state index contributed by atoms with van der Waals surface area (Å²) in [5.74, 6) is 1.29. The molecule has 0 atom stereocenters. The normalized spacial score (nSPS) is 14.5. The number of anilines is 1. The molecule has 2 N–H and O–H groups in total. The van der Waals surface area contributed by atoms with Gasteiger partial charge in [-0.2, -0.15) is 5.10 Å². The van der Waals surface area contributed by atoms with Gasteiger partial charge in [-0.15, -0.1) is 0 Å². The van der Waals surface area contributed by atoms with Gasteiger partial charge in [0.25, 0.3) is 0 Å². The van der Waals surface area contributed by atoms with Gasteiger partial charge in [0.15, 0.2) is 5.58 Å². The van der Waals surface area contributed by atoms with E-state index in [1.54, 1.807) is 10.6 Å². The number of aromatic nitrogens is 4. The maximum atomic E-state index is 12.3. The second-order valence-corrected chi connectivity index (χ2v) is 5.27. The SMILES string of the molecule is Nc1cccc2oc(Cn3nc4n(c3=O)CCCC4)nc12. The predicted octanol–water partition coefficient (Wildman–Crippen LogP) is 1.15. The van der Waals surface area contributed by atoms with Gasteiger partial charge in [-0.05, 0) is 25.0 Å². The number of aryl methyl sites for hydroxylation is 1. The Hall–Kier alpha value is -2.57. The summed E-state index contributed by atoms with van der Waals surface area (Å²) in [6.45, 7) is 0.974. The van der Waals surface area contributed by atoms with Crippen LogP contribution in [0, 0.1) is 0 Å². The van der Waals surface area contributed by atoms with Gasteiger partial charge in [-0.25, -0.2) is 14.5 Å². The monoisotopic (exact) mass is 285 g/mol. The quantitative estimate of drug-likeness (QED) is 0.713. The number of benzene rings is 1. The summed E-state index contributed by atoms with van der Waals surface area (Å²) in [4.78, 5) is 16.6. The molecule has 1 aliphatic rings. The molecule has 108 valence electrons. The topological polar surface area (TPSA) is 91.9 Å². The van der Waals surface area contributed by atoms with Crippen molar-refractivity contribution in [2.75, 3.05) is 5.73 Å². The highest BCUT2D eigenvalue weighted by atomic mass is 16.3. The smallest absolute Gasteiger partial charge is 0.346 e. The maximum Gasteiger partial charge on any atom is 0.346 e. The van der Waals surface area contributed by atoms with Crippen LogP contribution in [0.1, 0.15) is 24.6 Å². The van der Waals surface area contributed by atoms with Crippen LogP contribution in [0.5, 0.6) is 0 Å². The lowest BCUT2D eigenvalue weighted by atomic mass is 10.2. The molecule has 4 rings (SSSR count). The highest BCUT2D eigenvalue weighted by Gasteiger charge is 2.18. The largest absolute Gasteiger partial charge is 0.439 e. The molecule has 0 saturated carbocycles. The molecule has 3 aromatic rings. The Morgan fingerprint density at radius 1 is 1.33 bits per heavy atom. The molecule has 7 heteroatoms. The number of nitrogens with two attached hydrogens (primary N) is 1. The number of nitrogen functional groups attached to an aromatic ring is 1. The summed E-state index contributed by atoms with van der Waals surface area (Å²) in [7, 11) is 0. The zero-order valence-corrected chi connectivity index (χ0v) is 11.5. The molecular formula is C14H15N5O2. The van der Waals surface area contributed by atoms with Crippen molar-refractivity contribution in [3.05, 3.63) is 40.4 Å². The van der Waals surface area contributed by atoms with E-state index < -0.39 is 0 Å². The average molecular weight is 285 g/mol. The molecule has 0 bridgehead atoms. The van der Waals surface area contributed by atoms with E-state index in [-0.39, 0.29) is 12.2 Å². The van der Waals surface area contributed by atoms with Gasteiger partial charge < -0.3 is 10.2 Å². The Bertz CT molecular complexity index is 873. The van der Waals surface area contributed by atoms with Crippen molar-refractivity contribution in [1.82, 2.24) is 19.3 Å². The molecule has 0 spiro atoms. The van der Waals surface area contributed by atoms with E-state index in [0.29, 0.717) is 22.7 Å². The highest BCUT2D eigenvalue weighted by molar-refractivity contribution is 5.85. The highest BCUT2D eigenvalue weighted by Crippen LogP contribution is 2.21. The summed E-state index contributed by atoms with van der Waals surface area (Å²) < 4.78 is 8.79. The number of hydrogen-bond donors (Lipinski definition) is 1. The molecule has 21 heavy (non-hydrogen) atoms. The number of oxazole rings is 1. The van der Waals surface area contributed by atoms with Crippen molar-refractivity contribution >= 4 is 16.8 Å². The fourth-order valence-electron chi connectivity index (χ4n) is 2.76. The Balaban J connectivity index is 1.73. The fourth-order valence-corrected chi connectivity index (χ4v) is 2.76. The Morgan fingerprint density at radius 2 is 2.24 bits per heavy atom. The molecule has 1 aromatic carbocycles. The van der Waals surface area contributed by atoms with E-state index in [0.717, 1.165) is 31.6 Å². The lowest BCUT2D eigenvalue weighted by molar-refractivity contribution is 0.480. The molecule has 3 heterocycles. The predicted molar refractivity (Wildman–Crippen MR) is 76.9 cm³/mol. The maximum absolute atomic E-state index is 12.3. The van der Waals surface area contributed by atoms with Crippen LogP contribution in [-0.4, -0.2) is 19.3 Å². The Kier molecular flexibility index (Phi) is 2.60. The van der Waals surface area contributed by atoms with E-state index in [9.17, 15) is 4.79 Å². The molecule has 0 unspecified atom stereocenters. The molecule has 0 saturated heterocycles. The van der Waals surface area contributed by atoms with Crippen molar-refractivity contribution in [1.29, 1.82) is 0 Å². The van der Waals surface area contributed by atoms with Gasteiger partial charge in [0.1, 0.15) is 17.9 Å². The van der Waals surface area contributed by atoms with E-state index in [1.165, 1.54) is 4.68 Å². The second-order valence-electron chi connectivity index (χ2n) is 5.27. The lowest BCUT2D eigenvalue weighted by Crippen LogP contribution is -2.27. The van der Waals surface area contributed by atoms with Crippen LogP contribution in [0.2, 0.25) is 0 Å². The molecule has 0 radical (unpaired) electrons. The van der Waals surface area contributed by atoms with Gasteiger partial charge in [-0.1, -0.05) is 6.07 Å². The van der Waals surface area contributed by atoms with Gasteiger partial charge in [-0.3, -0.25) is 4.57 Å². The Labute approximate surface area is 120 Å². The minimum absolute atomic E-state index is 0.0973. The summed E-state index contributed by atoms with van der Waals surface area (Å²) >= 11 is 0. The first-order valence-corrected chi connectivity index (χ1v) is 7.03. The molecular weight excluding hydrogens is 270 g/mol. The van der Waals surface area contributed by atoms with E-state index >= 15 is 0 Å². The molecule has 0 aliphatic carbocycles. The molecule has 7 nitrogen and oxygen atoms in total. The van der Waals surface area contributed by atoms with Crippen LogP contribution < -0.4 is 11.4 Å². The lowest BCUT2D eigenvalue weighted by Gasteiger charge is -2.09. The van der Waals surface area contributed by atoms with Gasteiger partial charge in [0.05, 0.1) is 5.69 Å². The minimum atomic E-state index is -0.0973. The third-order valence-electron chi connectivity index (χ3n) is 3.81. The summed E-state index contributed by atoms with van der Waals surface area (Å²) in [6, 6.07) is 5.40. The first kappa shape index (κ1) is 12.2. The van der Waals surface area contributed by atoms with Crippen molar-refractivity contribution in [2.24, 2.45) is 0 Å². The third kappa shape index (κ3) is 1.93. The van der Waals surface area contributed by atoms with Crippen LogP contribution in [0.25, 0.3) is 11.1 Å². The van der Waals surface area contributed by atoms with Crippen molar-refractivity contribution in [3.63, 3.8) is 0 Å². The molecule has 2 aromatic heterocycles. The van der Waals surface area contributed by atoms with Crippen LogP contribution >= 0.6 is 0 Å². The number of nitrogens with zero attached hydrogens (tertiary/aromatic N) is 4. The third-order valence-corrected chi connectivity index (χ3v) is 3.81. The van der Waals surface area contributed by atoms with Crippen LogP contribution in [0.3, 0.4) is 0 Å². The van der Waals surface area contributed by atoms with Crippen molar-refractivity contribution in [3.8, 4) is 0 Å². The average Bonchev–Trinajstić information content (AvgIpc) is 3.03. The number of hydrogen-bond acceptors (Lipinski definition) is 5. The van der Waals surface area contributed by atoms with E-state index in [4.69, 9.17) is 10.2 Å². The minimum Gasteiger partial charge on any atom is -0.439 e. The van der Waals surface area contributed by atoms with E-state index in [1.807, 2.05) is 12.1 Å². The summed E-state index contributed by atoms with van der Waals surface area (Å²) in [6.07, 6.45) is 2.96. The standard InChI is InChI=1S/C14H15N5O2/c15-9-4-3-5-10-13(9)16-12(21-10)8-19-14(20)18-7-2-1-6-11(18)17-19/h3-5H,1-2,6-8,15H2. The molecule has 1 aliphatic heterocycles.